The first-order chi connectivity index (χ1) is 13.9. The molecule has 0 saturated carbocycles. The minimum atomic E-state index is -2.91. The number of alkyl halides is 2. The van der Waals surface area contributed by atoms with E-state index in [2.05, 4.69) is 25.3 Å². The van der Waals surface area contributed by atoms with E-state index in [0.29, 0.717) is 23.8 Å². The number of nitrogens with one attached hydrogen (secondary N) is 2. The number of pyridine rings is 1. The topological polar surface area (TPSA) is 77.0 Å². The average molecular weight is 408 g/mol. The van der Waals surface area contributed by atoms with Gasteiger partial charge in [0.05, 0.1) is 26.5 Å². The summed E-state index contributed by atoms with van der Waals surface area (Å²) in [5.74, 6) is 1.89. The van der Waals surface area contributed by atoms with Crippen LogP contribution in [-0.4, -0.2) is 38.8 Å². The second-order valence-corrected chi connectivity index (χ2v) is 6.18. The lowest BCUT2D eigenvalue weighted by molar-refractivity contribution is -0.0504. The van der Waals surface area contributed by atoms with Gasteiger partial charge >= 0.3 is 6.61 Å². The highest BCUT2D eigenvalue weighted by molar-refractivity contribution is 5.79. The van der Waals surface area contributed by atoms with Gasteiger partial charge < -0.3 is 24.8 Å². The highest BCUT2D eigenvalue weighted by Crippen LogP contribution is 2.26. The summed E-state index contributed by atoms with van der Waals surface area (Å²) in [5.41, 5.74) is 3.23. The smallest absolute Gasteiger partial charge is 0.387 e. The molecule has 1 aromatic carbocycles. The summed E-state index contributed by atoms with van der Waals surface area (Å²) in [5, 5.41) is 6.24. The van der Waals surface area contributed by atoms with Crippen molar-refractivity contribution < 1.29 is 23.0 Å². The van der Waals surface area contributed by atoms with Crippen LogP contribution in [0, 0.1) is 13.8 Å². The van der Waals surface area contributed by atoms with Crippen LogP contribution < -0.4 is 24.8 Å². The number of aryl methyl sites for hydroxylation is 1. The Morgan fingerprint density at radius 2 is 1.86 bits per heavy atom. The van der Waals surface area contributed by atoms with Crippen molar-refractivity contribution in [3.05, 3.63) is 46.8 Å². The van der Waals surface area contributed by atoms with Crippen LogP contribution in [-0.2, 0) is 13.1 Å². The lowest BCUT2D eigenvalue weighted by Crippen LogP contribution is -2.36. The van der Waals surface area contributed by atoms with E-state index >= 15 is 0 Å². The molecule has 1 heterocycles. The molecule has 9 heteroatoms. The van der Waals surface area contributed by atoms with Crippen LogP contribution >= 0.6 is 0 Å². The second kappa shape index (κ2) is 10.4. The van der Waals surface area contributed by atoms with E-state index in [1.54, 1.807) is 32.5 Å². The van der Waals surface area contributed by atoms with Crippen molar-refractivity contribution in [3.8, 4) is 17.2 Å². The molecule has 158 valence electrons. The Balaban J connectivity index is 2.06. The van der Waals surface area contributed by atoms with E-state index in [-0.39, 0.29) is 12.3 Å². The molecule has 0 fully saturated rings. The lowest BCUT2D eigenvalue weighted by Gasteiger charge is -2.16. The van der Waals surface area contributed by atoms with Gasteiger partial charge in [0.15, 0.2) is 5.96 Å². The second-order valence-electron chi connectivity index (χ2n) is 6.18. The Bertz CT molecular complexity index is 860. The van der Waals surface area contributed by atoms with Crippen molar-refractivity contribution in [3.63, 3.8) is 0 Å². The molecule has 0 unspecified atom stereocenters. The lowest BCUT2D eigenvalue weighted by atomic mass is 10.1. The molecule has 0 amide bonds. The standard InChI is InChI=1S/C20H26F2N4O3/c1-12-9-24-16(13(2)18(12)28-5)11-26-20(23-3)25-10-14-8-15(27-4)6-7-17(14)29-19(21)22/h6-9,19H,10-11H2,1-5H3,(H2,23,25,26). The Labute approximate surface area is 169 Å². The Morgan fingerprint density at radius 1 is 1.14 bits per heavy atom. The van der Waals surface area contributed by atoms with Crippen molar-refractivity contribution in [2.75, 3.05) is 21.3 Å². The Morgan fingerprint density at radius 3 is 2.48 bits per heavy atom. The molecule has 29 heavy (non-hydrogen) atoms. The van der Waals surface area contributed by atoms with E-state index in [1.165, 1.54) is 13.2 Å². The molecule has 2 aromatic rings. The number of nitrogens with zero attached hydrogens (tertiary/aromatic N) is 2. The van der Waals surface area contributed by atoms with Gasteiger partial charge in [-0.3, -0.25) is 9.98 Å². The number of rotatable bonds is 8. The summed E-state index contributed by atoms with van der Waals surface area (Å²) < 4.78 is 40.5. The van der Waals surface area contributed by atoms with Gasteiger partial charge in [-0.1, -0.05) is 0 Å². The molecular formula is C20H26F2N4O3. The number of aliphatic imine (C=N–C) groups is 1. The first kappa shape index (κ1) is 22.2. The van der Waals surface area contributed by atoms with E-state index in [0.717, 1.165) is 22.6 Å². The van der Waals surface area contributed by atoms with Gasteiger partial charge in [0.1, 0.15) is 17.2 Å². The molecule has 0 saturated heterocycles. The van der Waals surface area contributed by atoms with Crippen LogP contribution in [0.4, 0.5) is 8.78 Å². The van der Waals surface area contributed by atoms with Crippen LogP contribution in [0.5, 0.6) is 17.2 Å². The molecule has 0 radical (unpaired) electrons. The molecule has 0 aliphatic carbocycles. The molecule has 0 aliphatic heterocycles. The summed E-state index contributed by atoms with van der Waals surface area (Å²) in [6.07, 6.45) is 1.75. The number of ether oxygens (including phenoxy) is 3. The van der Waals surface area contributed by atoms with E-state index in [4.69, 9.17) is 9.47 Å². The van der Waals surface area contributed by atoms with Crippen LogP contribution in [0.3, 0.4) is 0 Å². The summed E-state index contributed by atoms with van der Waals surface area (Å²) in [6, 6.07) is 4.64. The van der Waals surface area contributed by atoms with Crippen molar-refractivity contribution in [2.24, 2.45) is 4.99 Å². The Hall–Kier alpha value is -3.10. The maximum Gasteiger partial charge on any atom is 0.387 e. The molecule has 0 aliphatic rings. The molecule has 0 bridgehead atoms. The summed E-state index contributed by atoms with van der Waals surface area (Å²) >= 11 is 0. The van der Waals surface area contributed by atoms with Crippen molar-refractivity contribution in [1.82, 2.24) is 15.6 Å². The first-order valence-electron chi connectivity index (χ1n) is 8.94. The third-order valence-corrected chi connectivity index (χ3v) is 4.33. The zero-order chi connectivity index (χ0) is 21.4. The normalized spacial score (nSPS) is 11.4. The summed E-state index contributed by atoms with van der Waals surface area (Å²) in [4.78, 5) is 8.59. The fourth-order valence-electron chi connectivity index (χ4n) is 2.85. The first-order valence-corrected chi connectivity index (χ1v) is 8.94. The molecular weight excluding hydrogens is 382 g/mol. The summed E-state index contributed by atoms with van der Waals surface area (Å²) in [7, 11) is 4.75. The van der Waals surface area contributed by atoms with E-state index < -0.39 is 6.61 Å². The van der Waals surface area contributed by atoms with Gasteiger partial charge in [-0.25, -0.2) is 0 Å². The highest BCUT2D eigenvalue weighted by Gasteiger charge is 2.13. The fourth-order valence-corrected chi connectivity index (χ4v) is 2.85. The predicted molar refractivity (Wildman–Crippen MR) is 107 cm³/mol. The zero-order valence-corrected chi connectivity index (χ0v) is 17.2. The molecule has 2 N–H and O–H groups in total. The predicted octanol–water partition coefficient (Wildman–Crippen LogP) is 3.18. The van der Waals surface area contributed by atoms with E-state index in [1.807, 2.05) is 13.8 Å². The average Bonchev–Trinajstić information content (AvgIpc) is 2.70. The maximum absolute atomic E-state index is 12.7. The SMILES string of the molecule is CN=C(NCc1cc(OC)ccc1OC(F)F)NCc1ncc(C)c(OC)c1C. The van der Waals surface area contributed by atoms with Crippen molar-refractivity contribution in [1.29, 1.82) is 0 Å². The van der Waals surface area contributed by atoms with Gasteiger partial charge in [0.2, 0.25) is 0 Å². The van der Waals surface area contributed by atoms with Crippen LogP contribution in [0.25, 0.3) is 0 Å². The van der Waals surface area contributed by atoms with Gasteiger partial charge in [0.25, 0.3) is 0 Å². The van der Waals surface area contributed by atoms with Gasteiger partial charge in [-0.2, -0.15) is 8.78 Å². The van der Waals surface area contributed by atoms with Gasteiger partial charge in [-0.05, 0) is 32.0 Å². The molecule has 2 rings (SSSR count). The monoisotopic (exact) mass is 408 g/mol. The number of benzene rings is 1. The molecule has 0 spiro atoms. The number of halogens is 2. The maximum atomic E-state index is 12.7. The molecule has 1 aromatic heterocycles. The van der Waals surface area contributed by atoms with E-state index in [9.17, 15) is 8.78 Å². The van der Waals surface area contributed by atoms with Crippen LogP contribution in [0.2, 0.25) is 0 Å². The quantitative estimate of drug-likeness (QED) is 0.516. The third kappa shape index (κ3) is 5.94. The number of aromatic nitrogens is 1. The number of hydrogen-bond acceptors (Lipinski definition) is 5. The number of hydrogen-bond donors (Lipinski definition) is 2. The Kier molecular flexibility index (Phi) is 7.99. The van der Waals surface area contributed by atoms with Gasteiger partial charge in [-0.15, -0.1) is 0 Å². The minimum Gasteiger partial charge on any atom is -0.497 e. The van der Waals surface area contributed by atoms with Crippen molar-refractivity contribution in [2.45, 2.75) is 33.5 Å². The number of methoxy groups -OCH3 is 2. The molecule has 0 atom stereocenters. The van der Waals surface area contributed by atoms with Gasteiger partial charge in [0, 0.05) is 36.5 Å². The van der Waals surface area contributed by atoms with Crippen LogP contribution in [0.15, 0.2) is 29.4 Å². The van der Waals surface area contributed by atoms with Crippen molar-refractivity contribution >= 4 is 5.96 Å². The minimum absolute atomic E-state index is 0.0736. The highest BCUT2D eigenvalue weighted by atomic mass is 19.3. The zero-order valence-electron chi connectivity index (χ0n) is 17.2. The third-order valence-electron chi connectivity index (χ3n) is 4.33. The fraction of sp³-hybridized carbons (Fsp3) is 0.400. The number of guanidine groups is 1. The molecule has 7 nitrogen and oxygen atoms in total. The summed E-state index contributed by atoms with van der Waals surface area (Å²) in [6.45, 7) is 1.59. The van der Waals surface area contributed by atoms with Crippen LogP contribution in [0.1, 0.15) is 22.4 Å². The largest absolute Gasteiger partial charge is 0.497 e.